The maximum atomic E-state index is 12.2. The number of ether oxygens (including phenoxy) is 1. The normalized spacial score (nSPS) is 13.4. The van der Waals surface area contributed by atoms with Crippen LogP contribution in [0, 0.1) is 0 Å². The van der Waals surface area contributed by atoms with Crippen LogP contribution in [0.25, 0.3) is 22.0 Å². The quantitative estimate of drug-likeness (QED) is 0.488. The summed E-state index contributed by atoms with van der Waals surface area (Å²) in [5.74, 6) is 0.816. The van der Waals surface area contributed by atoms with Crippen molar-refractivity contribution < 1.29 is 14.3 Å². The third-order valence-corrected chi connectivity index (χ3v) is 5.68. The topological polar surface area (TPSA) is 96.5 Å². The highest BCUT2D eigenvalue weighted by atomic mass is 16.6. The van der Waals surface area contributed by atoms with E-state index < -0.39 is 11.7 Å². The lowest BCUT2D eigenvalue weighted by atomic mass is 10.0. The third-order valence-electron chi connectivity index (χ3n) is 5.68. The predicted octanol–water partition coefficient (Wildman–Crippen LogP) is 4.74. The SMILES string of the molecule is CC(=O)N(CCNC(=O)OC(C)(C)C)Cc1cccc(-c2ccc3ncnc(NC4CC4)c3c2)c1. The molecule has 0 bridgehead atoms. The van der Waals surface area contributed by atoms with Crippen LogP contribution in [0.4, 0.5) is 10.6 Å². The van der Waals surface area contributed by atoms with Gasteiger partial charge in [-0.2, -0.15) is 0 Å². The van der Waals surface area contributed by atoms with Crippen molar-refractivity contribution >= 4 is 28.7 Å². The molecular weight excluding hydrogens is 442 g/mol. The summed E-state index contributed by atoms with van der Waals surface area (Å²) in [7, 11) is 0. The molecule has 35 heavy (non-hydrogen) atoms. The van der Waals surface area contributed by atoms with Crippen molar-refractivity contribution in [3.05, 3.63) is 54.4 Å². The summed E-state index contributed by atoms with van der Waals surface area (Å²) in [6.07, 6.45) is 3.46. The first kappa shape index (κ1) is 24.4. The van der Waals surface area contributed by atoms with Crippen molar-refractivity contribution in [3.63, 3.8) is 0 Å². The highest BCUT2D eigenvalue weighted by Crippen LogP contribution is 2.31. The van der Waals surface area contributed by atoms with Crippen molar-refractivity contribution in [1.29, 1.82) is 0 Å². The molecule has 0 aliphatic heterocycles. The monoisotopic (exact) mass is 475 g/mol. The van der Waals surface area contributed by atoms with E-state index in [0.29, 0.717) is 25.7 Å². The van der Waals surface area contributed by atoms with E-state index in [1.54, 1.807) is 11.2 Å². The molecule has 3 aromatic rings. The first-order valence-corrected chi connectivity index (χ1v) is 12.0. The van der Waals surface area contributed by atoms with Crippen LogP contribution < -0.4 is 10.6 Å². The molecule has 0 spiro atoms. The number of rotatable bonds is 8. The van der Waals surface area contributed by atoms with E-state index >= 15 is 0 Å². The number of anilines is 1. The van der Waals surface area contributed by atoms with Crippen molar-refractivity contribution in [2.45, 2.75) is 58.7 Å². The Hall–Kier alpha value is -3.68. The largest absolute Gasteiger partial charge is 0.444 e. The molecule has 4 rings (SSSR count). The zero-order valence-corrected chi connectivity index (χ0v) is 20.8. The van der Waals surface area contributed by atoms with E-state index in [2.05, 4.69) is 44.9 Å². The van der Waals surface area contributed by atoms with Gasteiger partial charge >= 0.3 is 6.09 Å². The molecule has 1 saturated carbocycles. The van der Waals surface area contributed by atoms with E-state index in [9.17, 15) is 9.59 Å². The molecule has 1 fully saturated rings. The van der Waals surface area contributed by atoms with Gasteiger partial charge < -0.3 is 20.3 Å². The molecule has 0 atom stereocenters. The van der Waals surface area contributed by atoms with Crippen molar-refractivity contribution in [1.82, 2.24) is 20.2 Å². The molecule has 1 aliphatic carbocycles. The van der Waals surface area contributed by atoms with Gasteiger partial charge in [-0.25, -0.2) is 14.8 Å². The summed E-state index contributed by atoms with van der Waals surface area (Å²) in [5, 5.41) is 7.21. The smallest absolute Gasteiger partial charge is 0.407 e. The summed E-state index contributed by atoms with van der Waals surface area (Å²) in [6.45, 7) is 8.13. The number of benzene rings is 2. The van der Waals surface area contributed by atoms with Crippen LogP contribution in [-0.2, 0) is 16.1 Å². The second-order valence-electron chi connectivity index (χ2n) is 9.94. The standard InChI is InChI=1S/C27H33N5O3/c1-18(33)32(13-12-28-26(34)35-27(2,3)4)16-19-6-5-7-20(14-19)21-8-11-24-23(15-21)25(30-17-29-24)31-22-9-10-22/h5-8,11,14-15,17,22H,9-10,12-13,16H2,1-4H3,(H,28,34)(H,29,30,31). The zero-order valence-electron chi connectivity index (χ0n) is 20.8. The van der Waals surface area contributed by atoms with Crippen molar-refractivity contribution in [3.8, 4) is 11.1 Å². The molecule has 2 N–H and O–H groups in total. The Balaban J connectivity index is 1.46. The van der Waals surface area contributed by atoms with Gasteiger partial charge in [-0.1, -0.05) is 24.3 Å². The van der Waals surface area contributed by atoms with E-state index in [-0.39, 0.29) is 5.91 Å². The number of nitrogens with one attached hydrogen (secondary N) is 2. The summed E-state index contributed by atoms with van der Waals surface area (Å²) in [6, 6.07) is 14.8. The van der Waals surface area contributed by atoms with E-state index in [1.165, 1.54) is 19.8 Å². The van der Waals surface area contributed by atoms with E-state index in [0.717, 1.165) is 33.4 Å². The Labute approximate surface area is 206 Å². The van der Waals surface area contributed by atoms with Crippen molar-refractivity contribution in [2.24, 2.45) is 0 Å². The molecule has 0 unspecified atom stereocenters. The molecular formula is C27H33N5O3. The van der Waals surface area contributed by atoms with E-state index in [4.69, 9.17) is 4.74 Å². The number of nitrogens with zero attached hydrogens (tertiary/aromatic N) is 3. The maximum absolute atomic E-state index is 12.2. The lowest BCUT2D eigenvalue weighted by Crippen LogP contribution is -2.39. The summed E-state index contributed by atoms with van der Waals surface area (Å²) >= 11 is 0. The van der Waals surface area contributed by atoms with Gasteiger partial charge in [0.25, 0.3) is 0 Å². The van der Waals surface area contributed by atoms with Gasteiger partial charge in [-0.05, 0) is 68.5 Å². The number of fused-ring (bicyclic) bond motifs is 1. The summed E-state index contributed by atoms with van der Waals surface area (Å²) in [5.41, 5.74) is 3.47. The fourth-order valence-electron chi connectivity index (χ4n) is 3.80. The second kappa shape index (κ2) is 10.3. The minimum atomic E-state index is -0.561. The minimum absolute atomic E-state index is 0.0555. The molecule has 0 radical (unpaired) electrons. The molecule has 2 amide bonds. The Bertz CT molecular complexity index is 1220. The van der Waals surface area contributed by atoms with Gasteiger partial charge in [0.05, 0.1) is 5.52 Å². The van der Waals surface area contributed by atoms with Crippen LogP contribution in [-0.4, -0.2) is 51.6 Å². The molecule has 0 saturated heterocycles. The van der Waals surface area contributed by atoms with Crippen LogP contribution in [0.1, 0.15) is 46.1 Å². The first-order chi connectivity index (χ1) is 16.7. The van der Waals surface area contributed by atoms with Crippen LogP contribution in [0.5, 0.6) is 0 Å². The summed E-state index contributed by atoms with van der Waals surface area (Å²) < 4.78 is 5.26. The Morgan fingerprint density at radius 3 is 2.57 bits per heavy atom. The Morgan fingerprint density at radius 2 is 1.86 bits per heavy atom. The molecule has 1 aromatic heterocycles. The van der Waals surface area contributed by atoms with E-state index in [1.807, 2.05) is 39.0 Å². The first-order valence-electron chi connectivity index (χ1n) is 12.0. The van der Waals surface area contributed by atoms with Crippen LogP contribution in [0.2, 0.25) is 0 Å². The fourth-order valence-corrected chi connectivity index (χ4v) is 3.80. The number of carbonyl (C=O) groups is 2. The maximum Gasteiger partial charge on any atom is 0.407 e. The zero-order chi connectivity index (χ0) is 25.0. The van der Waals surface area contributed by atoms with Crippen LogP contribution >= 0.6 is 0 Å². The third kappa shape index (κ3) is 6.91. The van der Waals surface area contributed by atoms with Gasteiger partial charge in [0, 0.05) is 38.0 Å². The van der Waals surface area contributed by atoms with Crippen molar-refractivity contribution in [2.75, 3.05) is 18.4 Å². The van der Waals surface area contributed by atoms with Gasteiger partial charge in [-0.3, -0.25) is 4.79 Å². The predicted molar refractivity (Wildman–Crippen MR) is 137 cm³/mol. The Kier molecular flexibility index (Phi) is 7.19. The number of hydrogen-bond donors (Lipinski definition) is 2. The number of carbonyl (C=O) groups excluding carboxylic acids is 2. The highest BCUT2D eigenvalue weighted by molar-refractivity contribution is 5.92. The van der Waals surface area contributed by atoms with Gasteiger partial charge in [0.2, 0.25) is 5.91 Å². The van der Waals surface area contributed by atoms with Crippen LogP contribution in [0.15, 0.2) is 48.8 Å². The minimum Gasteiger partial charge on any atom is -0.444 e. The molecule has 1 aliphatic rings. The van der Waals surface area contributed by atoms with Crippen LogP contribution in [0.3, 0.4) is 0 Å². The number of hydrogen-bond acceptors (Lipinski definition) is 6. The molecule has 2 aromatic carbocycles. The molecule has 1 heterocycles. The number of aromatic nitrogens is 2. The lowest BCUT2D eigenvalue weighted by molar-refractivity contribution is -0.129. The number of alkyl carbamates (subject to hydrolysis) is 1. The van der Waals surface area contributed by atoms with Gasteiger partial charge in [-0.15, -0.1) is 0 Å². The average molecular weight is 476 g/mol. The average Bonchev–Trinajstić information content (AvgIpc) is 3.61. The molecule has 8 nitrogen and oxygen atoms in total. The lowest BCUT2D eigenvalue weighted by Gasteiger charge is -2.23. The summed E-state index contributed by atoms with van der Waals surface area (Å²) in [4.78, 5) is 34.7. The highest BCUT2D eigenvalue weighted by Gasteiger charge is 2.22. The molecule has 184 valence electrons. The fraction of sp³-hybridized carbons (Fsp3) is 0.407. The van der Waals surface area contributed by atoms with Gasteiger partial charge in [0.15, 0.2) is 0 Å². The van der Waals surface area contributed by atoms with Gasteiger partial charge in [0.1, 0.15) is 17.7 Å². The number of amides is 2. The second-order valence-corrected chi connectivity index (χ2v) is 9.94. The molecule has 8 heteroatoms. The Morgan fingerprint density at radius 1 is 1.09 bits per heavy atom.